The number of carboxylic acids is 1. The molecule has 0 aromatic heterocycles. The summed E-state index contributed by atoms with van der Waals surface area (Å²) in [5.41, 5.74) is 5.54. The molecule has 0 heterocycles. The van der Waals surface area contributed by atoms with Gasteiger partial charge in [0.15, 0.2) is 0 Å². The summed E-state index contributed by atoms with van der Waals surface area (Å²) in [6.07, 6.45) is 4.31. The van der Waals surface area contributed by atoms with Crippen molar-refractivity contribution in [2.45, 2.75) is 65.0 Å². The zero-order valence-electron chi connectivity index (χ0n) is 12.8. The lowest BCUT2D eigenvalue weighted by Crippen LogP contribution is -2.45. The second kappa shape index (κ2) is 7.62. The van der Waals surface area contributed by atoms with Crippen LogP contribution in [-0.2, 0) is 9.59 Å². The topological polar surface area (TPSA) is 92.4 Å². The van der Waals surface area contributed by atoms with Gasteiger partial charge >= 0.3 is 5.97 Å². The van der Waals surface area contributed by atoms with E-state index in [1.165, 1.54) is 12.8 Å². The molecule has 20 heavy (non-hydrogen) atoms. The Labute approximate surface area is 121 Å². The summed E-state index contributed by atoms with van der Waals surface area (Å²) < 4.78 is 0. The lowest BCUT2D eigenvalue weighted by molar-refractivity contribution is -0.139. The van der Waals surface area contributed by atoms with Crippen LogP contribution in [0.2, 0.25) is 0 Å². The van der Waals surface area contributed by atoms with Crippen LogP contribution in [0.4, 0.5) is 0 Å². The van der Waals surface area contributed by atoms with Crippen molar-refractivity contribution in [1.82, 2.24) is 5.32 Å². The fourth-order valence-corrected chi connectivity index (χ4v) is 3.23. The lowest BCUT2D eigenvalue weighted by Gasteiger charge is -2.23. The molecule has 1 rings (SSSR count). The van der Waals surface area contributed by atoms with Crippen LogP contribution in [0.5, 0.6) is 0 Å². The molecule has 0 aliphatic heterocycles. The van der Waals surface area contributed by atoms with Crippen molar-refractivity contribution >= 4 is 11.9 Å². The first-order valence-corrected chi connectivity index (χ1v) is 7.59. The number of hydrogen-bond donors (Lipinski definition) is 3. The molecule has 0 aromatic rings. The summed E-state index contributed by atoms with van der Waals surface area (Å²) in [6, 6.07) is -0.915. The van der Waals surface area contributed by atoms with E-state index in [9.17, 15) is 9.59 Å². The van der Waals surface area contributed by atoms with Crippen LogP contribution in [0.1, 0.15) is 52.9 Å². The Hall–Kier alpha value is -1.10. The van der Waals surface area contributed by atoms with Gasteiger partial charge in [-0.1, -0.05) is 26.7 Å². The SMILES string of the molecule is CC(CCC1C(C)CCC1C)NC(=O)[C@@H](N)CC(=O)O. The van der Waals surface area contributed by atoms with E-state index in [0.29, 0.717) is 0 Å². The monoisotopic (exact) mass is 284 g/mol. The highest BCUT2D eigenvalue weighted by molar-refractivity contribution is 5.86. The molecule has 116 valence electrons. The van der Waals surface area contributed by atoms with Crippen molar-refractivity contribution in [1.29, 1.82) is 0 Å². The largest absolute Gasteiger partial charge is 0.481 e. The van der Waals surface area contributed by atoms with Crippen LogP contribution in [0.25, 0.3) is 0 Å². The molecule has 0 saturated heterocycles. The maximum atomic E-state index is 11.7. The normalized spacial score (nSPS) is 28.9. The molecule has 0 aromatic carbocycles. The molecular formula is C15H28N2O3. The zero-order valence-corrected chi connectivity index (χ0v) is 12.8. The Balaban J connectivity index is 2.31. The number of aliphatic carboxylic acids is 1. The van der Waals surface area contributed by atoms with Crippen molar-refractivity contribution in [2.24, 2.45) is 23.5 Å². The van der Waals surface area contributed by atoms with Crippen molar-refractivity contribution in [3.63, 3.8) is 0 Å². The number of carbonyl (C=O) groups is 2. The number of amides is 1. The van der Waals surface area contributed by atoms with Crippen LogP contribution in [0.15, 0.2) is 0 Å². The third-order valence-electron chi connectivity index (χ3n) is 4.59. The molecule has 0 bridgehead atoms. The third-order valence-corrected chi connectivity index (χ3v) is 4.59. The predicted octanol–water partition coefficient (Wildman–Crippen LogP) is 1.76. The molecule has 1 amide bonds. The van der Waals surface area contributed by atoms with E-state index < -0.39 is 12.0 Å². The summed E-state index contributed by atoms with van der Waals surface area (Å²) in [6.45, 7) is 6.57. The van der Waals surface area contributed by atoms with E-state index in [0.717, 1.165) is 30.6 Å². The first-order valence-electron chi connectivity index (χ1n) is 7.59. The third kappa shape index (κ3) is 5.12. The van der Waals surface area contributed by atoms with E-state index in [4.69, 9.17) is 10.8 Å². The van der Waals surface area contributed by atoms with E-state index in [1.54, 1.807) is 0 Å². The number of carbonyl (C=O) groups excluding carboxylic acids is 1. The van der Waals surface area contributed by atoms with Crippen molar-refractivity contribution < 1.29 is 14.7 Å². The van der Waals surface area contributed by atoms with Gasteiger partial charge in [-0.25, -0.2) is 0 Å². The fraction of sp³-hybridized carbons (Fsp3) is 0.867. The van der Waals surface area contributed by atoms with E-state index in [-0.39, 0.29) is 18.4 Å². The standard InChI is InChI=1S/C15H28N2O3/c1-9-4-5-10(2)12(9)7-6-11(3)17-15(20)13(16)8-14(18)19/h9-13H,4-8,16H2,1-3H3,(H,17,20)(H,18,19)/t9?,10?,11?,12?,13-/m0/s1. The first-order chi connectivity index (χ1) is 9.31. The maximum Gasteiger partial charge on any atom is 0.305 e. The summed E-state index contributed by atoms with van der Waals surface area (Å²) in [5, 5.41) is 11.4. The molecule has 0 radical (unpaired) electrons. The van der Waals surface area contributed by atoms with E-state index >= 15 is 0 Å². The Bertz CT molecular complexity index is 336. The number of nitrogens with one attached hydrogen (secondary N) is 1. The Morgan fingerprint density at radius 3 is 2.35 bits per heavy atom. The number of rotatable bonds is 7. The molecule has 4 N–H and O–H groups in total. The van der Waals surface area contributed by atoms with Gasteiger partial charge in [-0.2, -0.15) is 0 Å². The molecule has 5 nitrogen and oxygen atoms in total. The Morgan fingerprint density at radius 2 is 1.85 bits per heavy atom. The molecule has 0 spiro atoms. The Kier molecular flexibility index (Phi) is 6.46. The second-order valence-electron chi connectivity index (χ2n) is 6.39. The second-order valence-corrected chi connectivity index (χ2v) is 6.39. The number of carboxylic acid groups (broad SMARTS) is 1. The average Bonchev–Trinajstić information content (AvgIpc) is 2.65. The predicted molar refractivity (Wildman–Crippen MR) is 78.1 cm³/mol. The van der Waals surface area contributed by atoms with Gasteiger partial charge in [-0.15, -0.1) is 0 Å². The summed E-state index contributed by atoms with van der Waals surface area (Å²) in [5.74, 6) is 0.854. The van der Waals surface area contributed by atoms with E-state index in [2.05, 4.69) is 19.2 Å². The Morgan fingerprint density at radius 1 is 1.30 bits per heavy atom. The molecule has 4 atom stereocenters. The fourth-order valence-electron chi connectivity index (χ4n) is 3.23. The van der Waals surface area contributed by atoms with Gasteiger partial charge in [0.05, 0.1) is 12.5 Å². The van der Waals surface area contributed by atoms with Crippen LogP contribution >= 0.6 is 0 Å². The maximum absolute atomic E-state index is 11.7. The summed E-state index contributed by atoms with van der Waals surface area (Å²) in [7, 11) is 0. The molecule has 3 unspecified atom stereocenters. The van der Waals surface area contributed by atoms with Gasteiger partial charge in [0.1, 0.15) is 0 Å². The van der Waals surface area contributed by atoms with Gasteiger partial charge in [0.25, 0.3) is 0 Å². The minimum absolute atomic E-state index is 0.0438. The van der Waals surface area contributed by atoms with Gasteiger partial charge < -0.3 is 16.2 Å². The van der Waals surface area contributed by atoms with Crippen molar-refractivity contribution in [2.75, 3.05) is 0 Å². The average molecular weight is 284 g/mol. The highest BCUT2D eigenvalue weighted by atomic mass is 16.4. The smallest absolute Gasteiger partial charge is 0.305 e. The van der Waals surface area contributed by atoms with Crippen LogP contribution in [0.3, 0.4) is 0 Å². The molecule has 1 aliphatic carbocycles. The summed E-state index contributed by atoms with van der Waals surface area (Å²) in [4.78, 5) is 22.2. The lowest BCUT2D eigenvalue weighted by atomic mass is 9.86. The van der Waals surface area contributed by atoms with Gasteiger partial charge in [0.2, 0.25) is 5.91 Å². The quantitative estimate of drug-likeness (QED) is 0.664. The van der Waals surface area contributed by atoms with Crippen LogP contribution in [0, 0.1) is 17.8 Å². The number of nitrogens with two attached hydrogens (primary N) is 1. The van der Waals surface area contributed by atoms with Crippen LogP contribution in [-0.4, -0.2) is 29.1 Å². The highest BCUT2D eigenvalue weighted by Gasteiger charge is 2.30. The van der Waals surface area contributed by atoms with Crippen molar-refractivity contribution in [3.05, 3.63) is 0 Å². The molecule has 1 fully saturated rings. The minimum atomic E-state index is -1.05. The molecular weight excluding hydrogens is 256 g/mol. The highest BCUT2D eigenvalue weighted by Crippen LogP contribution is 2.39. The van der Waals surface area contributed by atoms with Gasteiger partial charge in [0, 0.05) is 6.04 Å². The number of hydrogen-bond acceptors (Lipinski definition) is 3. The minimum Gasteiger partial charge on any atom is -0.481 e. The van der Waals surface area contributed by atoms with Gasteiger partial charge in [-0.3, -0.25) is 9.59 Å². The summed E-state index contributed by atoms with van der Waals surface area (Å²) >= 11 is 0. The molecule has 5 heteroatoms. The van der Waals surface area contributed by atoms with Gasteiger partial charge in [-0.05, 0) is 37.5 Å². The van der Waals surface area contributed by atoms with E-state index in [1.807, 2.05) is 6.92 Å². The molecule has 1 aliphatic rings. The van der Waals surface area contributed by atoms with Crippen LogP contribution < -0.4 is 11.1 Å². The first kappa shape index (κ1) is 17.0. The molecule has 1 saturated carbocycles. The van der Waals surface area contributed by atoms with Crippen molar-refractivity contribution in [3.8, 4) is 0 Å². The zero-order chi connectivity index (χ0) is 15.3.